The van der Waals surface area contributed by atoms with E-state index < -0.39 is 0 Å². The van der Waals surface area contributed by atoms with E-state index in [4.69, 9.17) is 4.98 Å². The van der Waals surface area contributed by atoms with Gasteiger partial charge in [0.15, 0.2) is 10.0 Å². The van der Waals surface area contributed by atoms with E-state index in [2.05, 4.69) is 31.1 Å². The van der Waals surface area contributed by atoms with Crippen LogP contribution in [0, 0.1) is 5.41 Å². The van der Waals surface area contributed by atoms with Gasteiger partial charge in [-0.05, 0) is 31.2 Å². The van der Waals surface area contributed by atoms with Crippen LogP contribution in [0.3, 0.4) is 0 Å². The Morgan fingerprint density at radius 1 is 1.40 bits per heavy atom. The molecule has 20 heavy (non-hydrogen) atoms. The van der Waals surface area contributed by atoms with Crippen LogP contribution in [0.2, 0.25) is 0 Å². The monoisotopic (exact) mass is 307 g/mol. The fourth-order valence-electron chi connectivity index (χ4n) is 2.84. The zero-order chi connectivity index (χ0) is 14.2. The lowest BCUT2D eigenvalue weighted by atomic mass is 9.76. The van der Waals surface area contributed by atoms with E-state index in [1.165, 1.54) is 23.4 Å². The third kappa shape index (κ3) is 2.80. The van der Waals surface area contributed by atoms with Crippen LogP contribution in [-0.2, 0) is 6.42 Å². The van der Waals surface area contributed by atoms with Crippen molar-refractivity contribution in [3.63, 3.8) is 0 Å². The largest absolute Gasteiger partial charge is 0.309 e. The molecule has 0 saturated carbocycles. The number of rotatable bonds is 4. The molecule has 108 valence electrons. The minimum atomic E-state index is 0.326. The van der Waals surface area contributed by atoms with Gasteiger partial charge in [0.25, 0.3) is 0 Å². The number of thiazole rings is 2. The first kappa shape index (κ1) is 14.2. The summed E-state index contributed by atoms with van der Waals surface area (Å²) in [6.07, 6.45) is 5.30. The number of nitrogens with zero attached hydrogens (tertiary/aromatic N) is 2. The number of aromatic nitrogens is 2. The molecule has 1 atom stereocenters. The van der Waals surface area contributed by atoms with Gasteiger partial charge in [-0.3, -0.25) is 0 Å². The van der Waals surface area contributed by atoms with Gasteiger partial charge in [-0.2, -0.15) is 0 Å². The fraction of sp³-hybridized carbons (Fsp3) is 0.600. The van der Waals surface area contributed by atoms with Crippen molar-refractivity contribution in [3.05, 3.63) is 22.1 Å². The lowest BCUT2D eigenvalue weighted by Gasteiger charge is -2.34. The highest BCUT2D eigenvalue weighted by molar-refractivity contribution is 7.20. The van der Waals surface area contributed by atoms with Crippen molar-refractivity contribution in [3.8, 4) is 10.0 Å². The van der Waals surface area contributed by atoms with Gasteiger partial charge in [0, 0.05) is 22.5 Å². The number of hydrogen-bond donors (Lipinski definition) is 1. The molecule has 5 heteroatoms. The van der Waals surface area contributed by atoms with E-state index in [9.17, 15) is 0 Å². The molecule has 1 aliphatic rings. The molecule has 0 fully saturated rings. The molecule has 2 aromatic rings. The molecule has 1 aliphatic carbocycles. The molecule has 1 N–H and O–H groups in total. The molecular formula is C15H21N3S2. The molecular weight excluding hydrogens is 286 g/mol. The second-order valence-corrected chi connectivity index (χ2v) is 8.14. The van der Waals surface area contributed by atoms with E-state index in [1.807, 2.05) is 22.9 Å². The normalized spacial score (nSPS) is 20.9. The summed E-state index contributed by atoms with van der Waals surface area (Å²) in [5, 5.41) is 7.86. The van der Waals surface area contributed by atoms with Gasteiger partial charge in [-0.1, -0.05) is 20.8 Å². The topological polar surface area (TPSA) is 37.8 Å². The van der Waals surface area contributed by atoms with E-state index in [1.54, 1.807) is 11.3 Å². The Hall–Kier alpha value is -0.780. The summed E-state index contributed by atoms with van der Waals surface area (Å²) in [5.41, 5.74) is 1.61. The maximum atomic E-state index is 4.87. The first-order chi connectivity index (χ1) is 9.59. The van der Waals surface area contributed by atoms with E-state index >= 15 is 0 Å². The lowest BCUT2D eigenvalue weighted by Crippen LogP contribution is -2.33. The van der Waals surface area contributed by atoms with Crippen molar-refractivity contribution >= 4 is 22.7 Å². The molecule has 3 nitrogen and oxygen atoms in total. The zero-order valence-electron chi connectivity index (χ0n) is 12.3. The van der Waals surface area contributed by atoms with Crippen LogP contribution in [0.4, 0.5) is 0 Å². The second kappa shape index (κ2) is 5.54. The van der Waals surface area contributed by atoms with Crippen molar-refractivity contribution in [2.24, 2.45) is 5.41 Å². The van der Waals surface area contributed by atoms with Gasteiger partial charge >= 0.3 is 0 Å². The minimum Gasteiger partial charge on any atom is -0.309 e. The first-order valence-corrected chi connectivity index (χ1v) is 8.91. The number of fused-ring (bicyclic) bond motifs is 1. The van der Waals surface area contributed by atoms with Gasteiger partial charge in [0.05, 0.1) is 5.69 Å². The van der Waals surface area contributed by atoms with Crippen molar-refractivity contribution < 1.29 is 0 Å². The minimum absolute atomic E-state index is 0.326. The summed E-state index contributed by atoms with van der Waals surface area (Å²) in [7, 11) is 0. The molecule has 0 aliphatic heterocycles. The van der Waals surface area contributed by atoms with Crippen molar-refractivity contribution in [1.82, 2.24) is 15.3 Å². The third-order valence-corrected chi connectivity index (χ3v) is 5.83. The Labute approximate surface area is 128 Å². The van der Waals surface area contributed by atoms with E-state index in [-0.39, 0.29) is 0 Å². The van der Waals surface area contributed by atoms with Crippen molar-refractivity contribution in [2.75, 3.05) is 6.54 Å². The fourth-order valence-corrected chi connectivity index (χ4v) is 4.67. The van der Waals surface area contributed by atoms with Crippen molar-refractivity contribution in [1.29, 1.82) is 0 Å². The van der Waals surface area contributed by atoms with Gasteiger partial charge in [0.1, 0.15) is 0 Å². The Kier molecular flexibility index (Phi) is 3.93. The molecule has 0 saturated heterocycles. The molecule has 0 radical (unpaired) electrons. The maximum Gasteiger partial charge on any atom is 0.152 e. The second-order valence-electron chi connectivity index (χ2n) is 6.22. The average Bonchev–Trinajstić information content (AvgIpc) is 3.02. The standard InChI is InChI=1S/C15H21N3S2/c1-4-5-16-10-8-15(2,3)9-11-12(10)20-14(18-11)13-17-6-7-19-13/h6-7,10,16H,4-5,8-9H2,1-3H3. The quantitative estimate of drug-likeness (QED) is 0.916. The molecule has 0 bridgehead atoms. The smallest absolute Gasteiger partial charge is 0.152 e. The maximum absolute atomic E-state index is 4.87. The van der Waals surface area contributed by atoms with E-state index in [0.29, 0.717) is 11.5 Å². The number of hydrogen-bond acceptors (Lipinski definition) is 5. The Morgan fingerprint density at radius 2 is 2.25 bits per heavy atom. The SMILES string of the molecule is CCCNC1CC(C)(C)Cc2nc(-c3nccs3)sc21. The lowest BCUT2D eigenvalue weighted by molar-refractivity contribution is 0.258. The van der Waals surface area contributed by atoms with Crippen LogP contribution in [-0.4, -0.2) is 16.5 Å². The summed E-state index contributed by atoms with van der Waals surface area (Å²) >= 11 is 3.50. The predicted octanol–water partition coefficient (Wildman–Crippen LogP) is 4.28. The highest BCUT2D eigenvalue weighted by Crippen LogP contribution is 2.44. The summed E-state index contributed by atoms with van der Waals surface area (Å²) in [5.74, 6) is 0. The summed E-state index contributed by atoms with van der Waals surface area (Å²) in [6, 6.07) is 0.458. The molecule has 0 spiro atoms. The van der Waals surface area contributed by atoms with Crippen molar-refractivity contribution in [2.45, 2.75) is 46.1 Å². The molecule has 2 heterocycles. The highest BCUT2D eigenvalue weighted by atomic mass is 32.1. The molecule has 0 aromatic carbocycles. The Bertz CT molecular complexity index is 572. The molecule has 3 rings (SSSR count). The molecule has 0 amide bonds. The average molecular weight is 307 g/mol. The van der Waals surface area contributed by atoms with Crippen LogP contribution >= 0.6 is 22.7 Å². The molecule has 2 aromatic heterocycles. The van der Waals surface area contributed by atoms with Gasteiger partial charge < -0.3 is 5.32 Å². The van der Waals surface area contributed by atoms with E-state index in [0.717, 1.165) is 23.0 Å². The molecule has 1 unspecified atom stereocenters. The number of nitrogens with one attached hydrogen (secondary N) is 1. The summed E-state index contributed by atoms with van der Waals surface area (Å²) < 4.78 is 0. The Morgan fingerprint density at radius 3 is 2.95 bits per heavy atom. The van der Waals surface area contributed by atoms with Crippen LogP contribution in [0.15, 0.2) is 11.6 Å². The highest BCUT2D eigenvalue weighted by Gasteiger charge is 2.35. The summed E-state index contributed by atoms with van der Waals surface area (Å²) in [6.45, 7) is 7.98. The first-order valence-electron chi connectivity index (χ1n) is 7.22. The third-order valence-electron chi connectivity index (χ3n) is 3.70. The van der Waals surface area contributed by atoms with Crippen LogP contribution in [0.1, 0.15) is 50.2 Å². The van der Waals surface area contributed by atoms with Crippen LogP contribution in [0.5, 0.6) is 0 Å². The van der Waals surface area contributed by atoms with Gasteiger partial charge in [0.2, 0.25) is 0 Å². The van der Waals surface area contributed by atoms with Gasteiger partial charge in [-0.25, -0.2) is 9.97 Å². The Balaban J connectivity index is 1.94. The summed E-state index contributed by atoms with van der Waals surface area (Å²) in [4.78, 5) is 10.7. The van der Waals surface area contributed by atoms with Crippen LogP contribution in [0.25, 0.3) is 10.0 Å². The zero-order valence-corrected chi connectivity index (χ0v) is 13.9. The van der Waals surface area contributed by atoms with Crippen LogP contribution < -0.4 is 5.32 Å². The van der Waals surface area contributed by atoms with Gasteiger partial charge in [-0.15, -0.1) is 22.7 Å². The predicted molar refractivity (Wildman–Crippen MR) is 86.4 cm³/mol.